The SMILES string of the molecule is [2H]c1nn(-c2cc(-c3cc(C#N)cc(Cl)c3F)ncn2)c([2H])c1[2H]. The maximum absolute atomic E-state index is 14.3. The average Bonchev–Trinajstić information content (AvgIpc) is 2.85. The number of benzene rings is 1. The van der Waals surface area contributed by atoms with Crippen molar-refractivity contribution in [1.29, 1.82) is 5.26 Å². The summed E-state index contributed by atoms with van der Waals surface area (Å²) in [6.07, 6.45) is 0.431. The lowest BCUT2D eigenvalue weighted by Gasteiger charge is -2.07. The van der Waals surface area contributed by atoms with Crippen molar-refractivity contribution in [2.24, 2.45) is 0 Å². The molecule has 0 aliphatic heterocycles. The summed E-state index contributed by atoms with van der Waals surface area (Å²) in [5.74, 6) is -0.649. The summed E-state index contributed by atoms with van der Waals surface area (Å²) in [7, 11) is 0. The standard InChI is InChI=1S/C14H7ClFN5/c15-11-5-9(7-17)4-10(14(11)16)12-6-13(19-8-18-12)21-3-1-2-20-21/h1-6,8H/i1D,2D,3D. The minimum Gasteiger partial charge on any atom is -0.236 e. The molecule has 0 atom stereocenters. The van der Waals surface area contributed by atoms with Gasteiger partial charge in [-0.05, 0) is 18.2 Å². The van der Waals surface area contributed by atoms with Gasteiger partial charge in [-0.1, -0.05) is 11.6 Å². The molecule has 3 rings (SSSR count). The Hall–Kier alpha value is -2.78. The van der Waals surface area contributed by atoms with Gasteiger partial charge in [-0.15, -0.1) is 0 Å². The highest BCUT2D eigenvalue weighted by molar-refractivity contribution is 6.31. The first-order chi connectivity index (χ1) is 11.4. The predicted molar refractivity (Wildman–Crippen MR) is 74.3 cm³/mol. The van der Waals surface area contributed by atoms with E-state index in [1.807, 2.05) is 6.07 Å². The number of nitrogens with zero attached hydrogens (tertiary/aromatic N) is 5. The Kier molecular flexibility index (Phi) is 2.53. The minimum atomic E-state index is -0.741. The Morgan fingerprint density at radius 3 is 2.90 bits per heavy atom. The van der Waals surface area contributed by atoms with Gasteiger partial charge in [0.2, 0.25) is 0 Å². The van der Waals surface area contributed by atoms with Gasteiger partial charge < -0.3 is 0 Å². The summed E-state index contributed by atoms with van der Waals surface area (Å²) in [5, 5.41) is 12.5. The first kappa shape index (κ1) is 10.0. The lowest BCUT2D eigenvalue weighted by atomic mass is 10.1. The van der Waals surface area contributed by atoms with Crippen LogP contribution in [-0.4, -0.2) is 19.7 Å². The molecule has 0 unspecified atom stereocenters. The Morgan fingerprint density at radius 2 is 2.19 bits per heavy atom. The van der Waals surface area contributed by atoms with E-state index in [9.17, 15) is 4.39 Å². The molecule has 5 nitrogen and oxygen atoms in total. The van der Waals surface area contributed by atoms with E-state index in [1.54, 1.807) is 0 Å². The van der Waals surface area contributed by atoms with Crippen molar-refractivity contribution in [2.75, 3.05) is 0 Å². The van der Waals surface area contributed by atoms with Crippen LogP contribution in [0.2, 0.25) is 5.02 Å². The minimum absolute atomic E-state index is 0.00131. The zero-order chi connectivity index (χ0) is 17.4. The van der Waals surface area contributed by atoms with Crippen molar-refractivity contribution in [2.45, 2.75) is 0 Å². The molecule has 0 aliphatic carbocycles. The summed E-state index contributed by atoms with van der Waals surface area (Å²) < 4.78 is 38.0. The van der Waals surface area contributed by atoms with Crippen LogP contribution < -0.4 is 0 Å². The zero-order valence-electron chi connectivity index (χ0n) is 13.3. The smallest absolute Gasteiger partial charge is 0.157 e. The maximum Gasteiger partial charge on any atom is 0.157 e. The van der Waals surface area contributed by atoms with Crippen LogP contribution >= 0.6 is 11.6 Å². The third kappa shape index (κ3) is 2.47. The first-order valence-corrected chi connectivity index (χ1v) is 6.05. The zero-order valence-corrected chi connectivity index (χ0v) is 11.1. The van der Waals surface area contributed by atoms with Crippen LogP contribution in [0.5, 0.6) is 0 Å². The van der Waals surface area contributed by atoms with Gasteiger partial charge in [-0.25, -0.2) is 19.0 Å². The van der Waals surface area contributed by atoms with Crippen molar-refractivity contribution in [3.8, 4) is 23.1 Å². The topological polar surface area (TPSA) is 67.4 Å². The van der Waals surface area contributed by atoms with Gasteiger partial charge in [0, 0.05) is 24.0 Å². The van der Waals surface area contributed by atoms with Crippen molar-refractivity contribution in [1.82, 2.24) is 19.7 Å². The number of hydrogen-bond donors (Lipinski definition) is 0. The van der Waals surface area contributed by atoms with Gasteiger partial charge in [0.25, 0.3) is 0 Å². The molecule has 0 radical (unpaired) electrons. The van der Waals surface area contributed by atoms with Crippen LogP contribution in [0.15, 0.2) is 42.9 Å². The van der Waals surface area contributed by atoms with Crippen LogP contribution in [0.25, 0.3) is 17.1 Å². The van der Waals surface area contributed by atoms with Crippen molar-refractivity contribution >= 4 is 11.6 Å². The van der Waals surface area contributed by atoms with Crippen LogP contribution in [0.3, 0.4) is 0 Å². The predicted octanol–water partition coefficient (Wildman–Crippen LogP) is 2.99. The summed E-state index contributed by atoms with van der Waals surface area (Å²) in [4.78, 5) is 7.88. The van der Waals surface area contributed by atoms with Gasteiger partial charge in [-0.2, -0.15) is 10.4 Å². The number of rotatable bonds is 2. The second-order valence-electron chi connectivity index (χ2n) is 3.95. The largest absolute Gasteiger partial charge is 0.236 e. The van der Waals surface area contributed by atoms with E-state index in [0.29, 0.717) is 0 Å². The lowest BCUT2D eigenvalue weighted by Crippen LogP contribution is -2.00. The molecule has 3 aromatic rings. The number of hydrogen-bond acceptors (Lipinski definition) is 4. The molecule has 102 valence electrons. The highest BCUT2D eigenvalue weighted by Gasteiger charge is 2.13. The third-order valence-electron chi connectivity index (χ3n) is 2.67. The number of nitriles is 1. The second-order valence-corrected chi connectivity index (χ2v) is 4.36. The lowest BCUT2D eigenvalue weighted by molar-refractivity contribution is 0.631. The molecule has 0 fully saturated rings. The van der Waals surface area contributed by atoms with E-state index in [0.717, 1.165) is 11.0 Å². The molecule has 0 amide bonds. The van der Waals surface area contributed by atoms with E-state index in [1.165, 1.54) is 18.2 Å². The Bertz CT molecular complexity index is 999. The quantitative estimate of drug-likeness (QED) is 0.730. The third-order valence-corrected chi connectivity index (χ3v) is 2.95. The van der Waals surface area contributed by atoms with Gasteiger partial charge in [0.15, 0.2) is 11.6 Å². The van der Waals surface area contributed by atoms with Crippen LogP contribution in [0.1, 0.15) is 9.68 Å². The Morgan fingerprint density at radius 1 is 1.33 bits per heavy atom. The van der Waals surface area contributed by atoms with Gasteiger partial charge in [-0.3, -0.25) is 0 Å². The molecule has 0 spiro atoms. The van der Waals surface area contributed by atoms with E-state index >= 15 is 0 Å². The van der Waals surface area contributed by atoms with Crippen molar-refractivity contribution in [3.05, 3.63) is 59.3 Å². The number of halogens is 2. The molecule has 0 aliphatic rings. The Balaban J connectivity index is 2.17. The maximum atomic E-state index is 14.3. The molecule has 7 heteroatoms. The van der Waals surface area contributed by atoms with E-state index < -0.39 is 5.82 Å². The molecule has 0 N–H and O–H groups in total. The second kappa shape index (κ2) is 5.31. The summed E-state index contributed by atoms with van der Waals surface area (Å²) in [5.41, 5.74) is 0.293. The highest BCUT2D eigenvalue weighted by atomic mass is 35.5. The van der Waals surface area contributed by atoms with E-state index in [4.69, 9.17) is 21.0 Å². The fraction of sp³-hybridized carbons (Fsp3) is 0. The average molecular weight is 303 g/mol. The molecular weight excluding hydrogens is 293 g/mol. The molecule has 0 saturated carbocycles. The highest BCUT2D eigenvalue weighted by Crippen LogP contribution is 2.28. The fourth-order valence-corrected chi connectivity index (χ4v) is 1.96. The normalized spacial score (nSPS) is 12.3. The summed E-state index contributed by atoms with van der Waals surface area (Å²) in [6, 6.07) is 5.36. The van der Waals surface area contributed by atoms with Gasteiger partial charge >= 0.3 is 0 Å². The van der Waals surface area contributed by atoms with Gasteiger partial charge in [0.05, 0.1) is 26.5 Å². The van der Waals surface area contributed by atoms with Crippen LogP contribution in [-0.2, 0) is 0 Å². The van der Waals surface area contributed by atoms with E-state index in [-0.39, 0.29) is 46.0 Å². The molecule has 21 heavy (non-hydrogen) atoms. The van der Waals surface area contributed by atoms with E-state index in [2.05, 4.69) is 15.1 Å². The molecule has 1 aromatic carbocycles. The van der Waals surface area contributed by atoms with Crippen LogP contribution in [0.4, 0.5) is 4.39 Å². The van der Waals surface area contributed by atoms with Crippen LogP contribution in [0, 0.1) is 17.1 Å². The molecule has 2 aromatic heterocycles. The van der Waals surface area contributed by atoms with Crippen molar-refractivity contribution < 1.29 is 8.50 Å². The van der Waals surface area contributed by atoms with Crippen molar-refractivity contribution in [3.63, 3.8) is 0 Å². The first-order valence-electron chi connectivity index (χ1n) is 7.17. The number of aromatic nitrogens is 4. The molecule has 2 heterocycles. The monoisotopic (exact) mass is 302 g/mol. The fourth-order valence-electron chi connectivity index (χ4n) is 1.74. The summed E-state index contributed by atoms with van der Waals surface area (Å²) in [6.45, 7) is 0. The molecular formula is C14H7ClFN5. The molecule has 0 saturated heterocycles. The Labute approximate surface area is 128 Å². The van der Waals surface area contributed by atoms with Gasteiger partial charge in [0.1, 0.15) is 6.33 Å². The summed E-state index contributed by atoms with van der Waals surface area (Å²) >= 11 is 5.79. The molecule has 0 bridgehead atoms.